The third-order valence-electron chi connectivity index (χ3n) is 4.82. The quantitative estimate of drug-likeness (QED) is 0.313. The third kappa shape index (κ3) is 5.94. The number of amides is 1. The number of carbonyl (C=O) groups excluding carboxylic acids is 1. The zero-order valence-corrected chi connectivity index (χ0v) is 19.2. The number of nitrogens with zero attached hydrogens (tertiary/aromatic N) is 2. The van der Waals surface area contributed by atoms with Gasteiger partial charge in [-0.15, -0.1) is 0 Å². The predicted molar refractivity (Wildman–Crippen MR) is 133 cm³/mol. The minimum Gasteiger partial charge on any atom is -0.497 e. The first-order valence-corrected chi connectivity index (χ1v) is 11.4. The molecule has 6 nitrogen and oxygen atoms in total. The van der Waals surface area contributed by atoms with Crippen molar-refractivity contribution in [2.75, 3.05) is 18.2 Å². The van der Waals surface area contributed by atoms with Gasteiger partial charge in [0.2, 0.25) is 5.91 Å². The maximum absolute atomic E-state index is 12.5. The van der Waals surface area contributed by atoms with Gasteiger partial charge in [0.25, 0.3) is 0 Å². The second-order valence-corrected chi connectivity index (χ2v) is 8.13. The van der Waals surface area contributed by atoms with E-state index in [0.29, 0.717) is 22.0 Å². The van der Waals surface area contributed by atoms with E-state index in [0.717, 1.165) is 22.8 Å². The number of aromatic nitrogens is 1. The number of benzene rings is 3. The van der Waals surface area contributed by atoms with E-state index in [2.05, 4.69) is 16.4 Å². The number of carbonyl (C=O) groups is 1. The molecule has 0 fully saturated rings. The lowest BCUT2D eigenvalue weighted by Crippen LogP contribution is -2.14. The highest BCUT2D eigenvalue weighted by molar-refractivity contribution is 8.00. The highest BCUT2D eigenvalue weighted by atomic mass is 32.2. The highest BCUT2D eigenvalue weighted by Crippen LogP contribution is 2.27. The van der Waals surface area contributed by atoms with Gasteiger partial charge in [-0.2, -0.15) is 5.26 Å². The normalized spacial score (nSPS) is 10.2. The molecule has 4 aromatic rings. The number of methoxy groups -OCH3 is 1. The number of anilines is 1. The molecule has 0 radical (unpaired) electrons. The summed E-state index contributed by atoms with van der Waals surface area (Å²) in [7, 11) is 1.61. The van der Waals surface area contributed by atoms with Crippen molar-refractivity contribution in [3.8, 4) is 34.6 Å². The Labute approximate surface area is 202 Å². The number of thioether (sulfide) groups is 1. The van der Waals surface area contributed by atoms with Gasteiger partial charge in [0.1, 0.15) is 28.3 Å². The zero-order valence-electron chi connectivity index (χ0n) is 18.4. The number of pyridine rings is 1. The molecule has 0 saturated heterocycles. The summed E-state index contributed by atoms with van der Waals surface area (Å²) >= 11 is 1.23. The maximum atomic E-state index is 12.5. The zero-order chi connectivity index (χ0) is 23.8. The van der Waals surface area contributed by atoms with E-state index in [-0.39, 0.29) is 11.7 Å². The fourth-order valence-electron chi connectivity index (χ4n) is 3.12. The van der Waals surface area contributed by atoms with Gasteiger partial charge in [-0.1, -0.05) is 30.0 Å². The number of ether oxygens (including phenoxy) is 2. The Morgan fingerprint density at radius 1 is 0.912 bits per heavy atom. The third-order valence-corrected chi connectivity index (χ3v) is 5.81. The van der Waals surface area contributed by atoms with E-state index in [1.165, 1.54) is 11.8 Å². The van der Waals surface area contributed by atoms with Crippen LogP contribution >= 0.6 is 11.8 Å². The number of hydrogen-bond acceptors (Lipinski definition) is 6. The standard InChI is InChI=1S/C27H21N3O3S/c1-32-22-12-7-19(8-13-22)25-16-9-20(17-28)27(30-25)34-18-26(31)29-21-10-14-24(15-11-21)33-23-5-3-2-4-6-23/h2-16H,18H2,1H3,(H,29,31). The lowest BCUT2D eigenvalue weighted by molar-refractivity contribution is -0.113. The molecular formula is C27H21N3O3S. The second-order valence-electron chi connectivity index (χ2n) is 7.17. The van der Waals surface area contributed by atoms with Gasteiger partial charge < -0.3 is 14.8 Å². The molecule has 0 unspecified atom stereocenters. The minimum absolute atomic E-state index is 0.121. The van der Waals surface area contributed by atoms with Gasteiger partial charge in [0.15, 0.2) is 0 Å². The molecule has 4 rings (SSSR count). The lowest BCUT2D eigenvalue weighted by atomic mass is 10.1. The molecule has 34 heavy (non-hydrogen) atoms. The maximum Gasteiger partial charge on any atom is 0.234 e. The average Bonchev–Trinajstić information content (AvgIpc) is 2.89. The Hall–Kier alpha value is -4.28. The lowest BCUT2D eigenvalue weighted by Gasteiger charge is -2.09. The Bertz CT molecular complexity index is 1300. The molecule has 0 aliphatic rings. The smallest absolute Gasteiger partial charge is 0.234 e. The number of nitriles is 1. The molecule has 1 aromatic heterocycles. The van der Waals surface area contributed by atoms with Crippen molar-refractivity contribution in [1.29, 1.82) is 5.26 Å². The Kier molecular flexibility index (Phi) is 7.43. The van der Waals surface area contributed by atoms with Crippen LogP contribution in [0.4, 0.5) is 5.69 Å². The molecule has 0 bridgehead atoms. The van der Waals surface area contributed by atoms with E-state index in [1.807, 2.05) is 54.6 Å². The highest BCUT2D eigenvalue weighted by Gasteiger charge is 2.11. The van der Waals surface area contributed by atoms with Crippen LogP contribution in [0, 0.1) is 11.3 Å². The Morgan fingerprint density at radius 3 is 2.26 bits per heavy atom. The van der Waals surface area contributed by atoms with Crippen LogP contribution in [-0.2, 0) is 4.79 Å². The van der Waals surface area contributed by atoms with Gasteiger partial charge in [0, 0.05) is 11.3 Å². The van der Waals surface area contributed by atoms with Crippen LogP contribution in [0.1, 0.15) is 5.56 Å². The molecule has 0 spiro atoms. The number of rotatable bonds is 8. The van der Waals surface area contributed by atoms with Crippen molar-refractivity contribution in [2.45, 2.75) is 5.03 Å². The van der Waals surface area contributed by atoms with Crippen LogP contribution in [0.25, 0.3) is 11.3 Å². The number of para-hydroxylation sites is 1. The summed E-state index contributed by atoms with van der Waals surface area (Å²) in [6.45, 7) is 0. The Morgan fingerprint density at radius 2 is 1.59 bits per heavy atom. The largest absolute Gasteiger partial charge is 0.497 e. The van der Waals surface area contributed by atoms with Gasteiger partial charge in [-0.25, -0.2) is 4.98 Å². The SMILES string of the molecule is COc1ccc(-c2ccc(C#N)c(SCC(=O)Nc3ccc(Oc4ccccc4)cc3)n2)cc1. The molecule has 168 valence electrons. The predicted octanol–water partition coefficient (Wildman–Crippen LogP) is 6.15. The summed E-state index contributed by atoms with van der Waals surface area (Å²) in [5, 5.41) is 12.8. The number of nitrogens with one attached hydrogen (secondary N) is 1. The van der Waals surface area contributed by atoms with E-state index in [4.69, 9.17) is 9.47 Å². The van der Waals surface area contributed by atoms with Crippen molar-refractivity contribution < 1.29 is 14.3 Å². The summed E-state index contributed by atoms with van der Waals surface area (Å²) in [5.74, 6) is 2.10. The topological polar surface area (TPSA) is 84.2 Å². The van der Waals surface area contributed by atoms with Crippen LogP contribution in [0.2, 0.25) is 0 Å². The molecule has 1 N–H and O–H groups in total. The van der Waals surface area contributed by atoms with Crippen LogP contribution < -0.4 is 14.8 Å². The number of hydrogen-bond donors (Lipinski definition) is 1. The molecule has 1 heterocycles. The summed E-state index contributed by atoms with van der Waals surface area (Å²) in [5.41, 5.74) is 2.71. The monoisotopic (exact) mass is 467 g/mol. The first-order valence-electron chi connectivity index (χ1n) is 10.5. The molecule has 0 atom stereocenters. The fourth-order valence-corrected chi connectivity index (χ4v) is 3.89. The fraction of sp³-hybridized carbons (Fsp3) is 0.0741. The molecule has 0 saturated carbocycles. The van der Waals surface area contributed by atoms with Gasteiger partial charge in [-0.05, 0) is 72.8 Å². The second kappa shape index (κ2) is 11.0. The van der Waals surface area contributed by atoms with E-state index in [9.17, 15) is 10.1 Å². The summed E-state index contributed by atoms with van der Waals surface area (Å²) in [4.78, 5) is 17.1. The van der Waals surface area contributed by atoms with E-state index >= 15 is 0 Å². The molecule has 7 heteroatoms. The van der Waals surface area contributed by atoms with Crippen LogP contribution in [0.5, 0.6) is 17.2 Å². The first kappa shape index (κ1) is 22.9. The van der Waals surface area contributed by atoms with E-state index < -0.39 is 0 Å². The Balaban J connectivity index is 1.37. The molecular weight excluding hydrogens is 446 g/mol. The van der Waals surface area contributed by atoms with Crippen molar-refractivity contribution in [2.24, 2.45) is 0 Å². The van der Waals surface area contributed by atoms with Crippen molar-refractivity contribution in [1.82, 2.24) is 4.98 Å². The summed E-state index contributed by atoms with van der Waals surface area (Å²) in [6, 6.07) is 29.8. The van der Waals surface area contributed by atoms with E-state index in [1.54, 1.807) is 43.5 Å². The van der Waals surface area contributed by atoms with Crippen LogP contribution in [0.15, 0.2) is 96.0 Å². The first-order chi connectivity index (χ1) is 16.6. The van der Waals surface area contributed by atoms with Crippen molar-refractivity contribution >= 4 is 23.4 Å². The minimum atomic E-state index is -0.192. The molecule has 0 aliphatic carbocycles. The molecule has 3 aromatic carbocycles. The van der Waals surface area contributed by atoms with Gasteiger partial charge in [0.05, 0.1) is 24.1 Å². The van der Waals surface area contributed by atoms with Gasteiger partial charge >= 0.3 is 0 Å². The molecule has 1 amide bonds. The van der Waals surface area contributed by atoms with Gasteiger partial charge in [-0.3, -0.25) is 4.79 Å². The van der Waals surface area contributed by atoms with Crippen molar-refractivity contribution in [3.05, 3.63) is 96.6 Å². The average molecular weight is 468 g/mol. The van der Waals surface area contributed by atoms with Crippen LogP contribution in [-0.4, -0.2) is 23.8 Å². The molecule has 0 aliphatic heterocycles. The van der Waals surface area contributed by atoms with Crippen molar-refractivity contribution in [3.63, 3.8) is 0 Å². The summed E-state index contributed by atoms with van der Waals surface area (Å²) < 4.78 is 11.0. The van der Waals surface area contributed by atoms with Crippen LogP contribution in [0.3, 0.4) is 0 Å². The summed E-state index contributed by atoms with van der Waals surface area (Å²) in [6.07, 6.45) is 0.